The van der Waals surface area contributed by atoms with Crippen LogP contribution in [-0.2, 0) is 4.79 Å². The van der Waals surface area contributed by atoms with Crippen molar-refractivity contribution in [1.29, 1.82) is 0 Å². The predicted octanol–water partition coefficient (Wildman–Crippen LogP) is 2.71. The third kappa shape index (κ3) is 4.07. The molecule has 5 heteroatoms. The number of carbonyl (C=O) groups is 1. The van der Waals surface area contributed by atoms with Gasteiger partial charge in [0.1, 0.15) is 13.2 Å². The second kappa shape index (κ2) is 6.88. The number of thioether (sulfide) groups is 1. The smallest absolute Gasteiger partial charge is 0.230 e. The van der Waals surface area contributed by atoms with Gasteiger partial charge in [0.05, 0.1) is 5.75 Å². The van der Waals surface area contributed by atoms with E-state index < -0.39 is 0 Å². The third-order valence-corrected chi connectivity index (χ3v) is 4.27. The zero-order chi connectivity index (χ0) is 14.5. The number of ether oxygens (including phenoxy) is 2. The SMILES string of the molecule is CC(C)C(C)NC(=O)CSc1ccc2c(c1)OCCO2. The number of amides is 1. The summed E-state index contributed by atoms with van der Waals surface area (Å²) in [5.74, 6) is 2.46. The van der Waals surface area contributed by atoms with E-state index in [4.69, 9.17) is 9.47 Å². The highest BCUT2D eigenvalue weighted by molar-refractivity contribution is 8.00. The highest BCUT2D eigenvalue weighted by Gasteiger charge is 2.14. The number of rotatable bonds is 5. The van der Waals surface area contributed by atoms with Crippen molar-refractivity contribution in [2.75, 3.05) is 19.0 Å². The Bertz CT molecular complexity index is 476. The Morgan fingerprint density at radius 1 is 1.25 bits per heavy atom. The average Bonchev–Trinajstić information content (AvgIpc) is 2.44. The zero-order valence-electron chi connectivity index (χ0n) is 12.1. The van der Waals surface area contributed by atoms with Crippen molar-refractivity contribution >= 4 is 17.7 Å². The highest BCUT2D eigenvalue weighted by Crippen LogP contribution is 2.34. The molecule has 1 atom stereocenters. The van der Waals surface area contributed by atoms with Gasteiger partial charge in [0.2, 0.25) is 5.91 Å². The van der Waals surface area contributed by atoms with Gasteiger partial charge in [0, 0.05) is 10.9 Å². The quantitative estimate of drug-likeness (QED) is 0.849. The second-order valence-corrected chi connectivity index (χ2v) is 6.24. The van der Waals surface area contributed by atoms with E-state index in [2.05, 4.69) is 19.2 Å². The zero-order valence-corrected chi connectivity index (χ0v) is 13.0. The first kappa shape index (κ1) is 15.0. The van der Waals surface area contributed by atoms with Crippen molar-refractivity contribution in [2.45, 2.75) is 31.7 Å². The molecule has 1 aliphatic rings. The molecule has 0 saturated heterocycles. The fourth-order valence-electron chi connectivity index (χ4n) is 1.72. The molecule has 0 aromatic heterocycles. The van der Waals surface area contributed by atoms with Gasteiger partial charge in [-0.3, -0.25) is 4.79 Å². The summed E-state index contributed by atoms with van der Waals surface area (Å²) in [6.07, 6.45) is 0. The van der Waals surface area contributed by atoms with Gasteiger partial charge in [-0.1, -0.05) is 13.8 Å². The van der Waals surface area contributed by atoms with Crippen LogP contribution in [0.2, 0.25) is 0 Å². The van der Waals surface area contributed by atoms with Crippen molar-refractivity contribution < 1.29 is 14.3 Å². The molecule has 1 N–H and O–H groups in total. The Labute approximate surface area is 124 Å². The first-order valence-corrected chi connectivity index (χ1v) is 7.86. The van der Waals surface area contributed by atoms with Gasteiger partial charge in [0.15, 0.2) is 11.5 Å². The van der Waals surface area contributed by atoms with E-state index in [9.17, 15) is 4.79 Å². The molecule has 1 aromatic rings. The molecule has 1 amide bonds. The Morgan fingerprint density at radius 3 is 2.65 bits per heavy atom. The monoisotopic (exact) mass is 295 g/mol. The van der Waals surface area contributed by atoms with E-state index in [1.807, 2.05) is 25.1 Å². The molecular formula is C15H21NO3S. The Hall–Kier alpha value is -1.36. The summed E-state index contributed by atoms with van der Waals surface area (Å²) in [5, 5.41) is 3.00. The van der Waals surface area contributed by atoms with Gasteiger partial charge in [-0.2, -0.15) is 0 Å². The lowest BCUT2D eigenvalue weighted by atomic mass is 10.1. The lowest BCUT2D eigenvalue weighted by molar-refractivity contribution is -0.119. The summed E-state index contributed by atoms with van der Waals surface area (Å²) >= 11 is 1.51. The number of carbonyl (C=O) groups excluding carboxylic acids is 1. The minimum atomic E-state index is 0.0612. The molecular weight excluding hydrogens is 274 g/mol. The van der Waals surface area contributed by atoms with Crippen LogP contribution in [0.1, 0.15) is 20.8 Å². The second-order valence-electron chi connectivity index (χ2n) is 5.19. The van der Waals surface area contributed by atoms with Gasteiger partial charge in [-0.25, -0.2) is 0 Å². The molecule has 110 valence electrons. The molecule has 0 spiro atoms. The molecule has 2 rings (SSSR count). The van der Waals surface area contributed by atoms with Crippen molar-refractivity contribution in [2.24, 2.45) is 5.92 Å². The predicted molar refractivity (Wildman–Crippen MR) is 80.6 cm³/mol. The summed E-state index contributed by atoms with van der Waals surface area (Å²) in [4.78, 5) is 12.8. The number of fused-ring (bicyclic) bond motifs is 1. The molecule has 0 aliphatic carbocycles. The topological polar surface area (TPSA) is 47.6 Å². The minimum absolute atomic E-state index is 0.0612. The Kier molecular flexibility index (Phi) is 5.17. The van der Waals surface area contributed by atoms with Gasteiger partial charge in [0.25, 0.3) is 0 Å². The Morgan fingerprint density at radius 2 is 1.95 bits per heavy atom. The fraction of sp³-hybridized carbons (Fsp3) is 0.533. The van der Waals surface area contributed by atoms with Gasteiger partial charge >= 0.3 is 0 Å². The van der Waals surface area contributed by atoms with Crippen LogP contribution in [0.15, 0.2) is 23.1 Å². The molecule has 0 radical (unpaired) electrons. The highest BCUT2D eigenvalue weighted by atomic mass is 32.2. The maximum atomic E-state index is 11.8. The first-order chi connectivity index (χ1) is 9.56. The Balaban J connectivity index is 1.86. The van der Waals surface area contributed by atoms with Crippen LogP contribution in [0.4, 0.5) is 0 Å². The van der Waals surface area contributed by atoms with Crippen LogP contribution in [0, 0.1) is 5.92 Å². The van der Waals surface area contributed by atoms with Crippen LogP contribution in [0.5, 0.6) is 11.5 Å². The summed E-state index contributed by atoms with van der Waals surface area (Å²) in [7, 11) is 0. The van der Waals surface area contributed by atoms with Crippen LogP contribution in [0.3, 0.4) is 0 Å². The van der Waals surface area contributed by atoms with E-state index in [1.54, 1.807) is 0 Å². The average molecular weight is 295 g/mol. The van der Waals surface area contributed by atoms with Crippen molar-refractivity contribution in [3.63, 3.8) is 0 Å². The number of benzene rings is 1. The minimum Gasteiger partial charge on any atom is -0.486 e. The van der Waals surface area contributed by atoms with Crippen LogP contribution in [-0.4, -0.2) is 30.9 Å². The van der Waals surface area contributed by atoms with Crippen molar-refractivity contribution in [3.05, 3.63) is 18.2 Å². The van der Waals surface area contributed by atoms with Gasteiger partial charge < -0.3 is 14.8 Å². The van der Waals surface area contributed by atoms with Crippen LogP contribution < -0.4 is 14.8 Å². The van der Waals surface area contributed by atoms with Gasteiger partial charge in [-0.05, 0) is 31.0 Å². The molecule has 1 aliphatic heterocycles. The molecule has 1 unspecified atom stereocenters. The molecule has 1 heterocycles. The molecule has 1 aromatic carbocycles. The maximum absolute atomic E-state index is 11.8. The summed E-state index contributed by atoms with van der Waals surface area (Å²) in [5.41, 5.74) is 0. The molecule has 20 heavy (non-hydrogen) atoms. The number of nitrogens with one attached hydrogen (secondary N) is 1. The van der Waals surface area contributed by atoms with E-state index in [-0.39, 0.29) is 11.9 Å². The largest absolute Gasteiger partial charge is 0.486 e. The number of hydrogen-bond donors (Lipinski definition) is 1. The van der Waals surface area contributed by atoms with E-state index in [0.717, 1.165) is 16.4 Å². The molecule has 0 bridgehead atoms. The fourth-order valence-corrected chi connectivity index (χ4v) is 2.46. The summed E-state index contributed by atoms with van der Waals surface area (Å²) in [6, 6.07) is 5.98. The lowest BCUT2D eigenvalue weighted by Gasteiger charge is -2.19. The molecule has 0 saturated carbocycles. The summed E-state index contributed by atoms with van der Waals surface area (Å²) < 4.78 is 11.0. The van der Waals surface area contributed by atoms with Crippen LogP contribution in [0.25, 0.3) is 0 Å². The van der Waals surface area contributed by atoms with Crippen LogP contribution >= 0.6 is 11.8 Å². The molecule has 4 nitrogen and oxygen atoms in total. The first-order valence-electron chi connectivity index (χ1n) is 6.88. The third-order valence-electron chi connectivity index (χ3n) is 3.27. The van der Waals surface area contributed by atoms with E-state index >= 15 is 0 Å². The van der Waals surface area contributed by atoms with Crippen molar-refractivity contribution in [1.82, 2.24) is 5.32 Å². The molecule has 0 fully saturated rings. The van der Waals surface area contributed by atoms with E-state index in [1.165, 1.54) is 11.8 Å². The summed E-state index contributed by atoms with van der Waals surface area (Å²) in [6.45, 7) is 7.39. The maximum Gasteiger partial charge on any atom is 0.230 e. The lowest BCUT2D eigenvalue weighted by Crippen LogP contribution is -2.37. The number of hydrogen-bond acceptors (Lipinski definition) is 4. The van der Waals surface area contributed by atoms with Gasteiger partial charge in [-0.15, -0.1) is 11.8 Å². The van der Waals surface area contributed by atoms with Crippen molar-refractivity contribution in [3.8, 4) is 11.5 Å². The standard InChI is InChI=1S/C15H21NO3S/c1-10(2)11(3)16-15(17)9-20-12-4-5-13-14(8-12)19-7-6-18-13/h4-5,8,10-11H,6-7,9H2,1-3H3,(H,16,17). The van der Waals surface area contributed by atoms with E-state index in [0.29, 0.717) is 24.9 Å². The normalized spacial score (nSPS) is 15.0.